The summed E-state index contributed by atoms with van der Waals surface area (Å²) >= 11 is 0. The molecule has 0 rings (SSSR count). The maximum absolute atomic E-state index is 12.7. The average molecular weight is 737 g/mol. The highest BCUT2D eigenvalue weighted by molar-refractivity contribution is 5.71. The summed E-state index contributed by atoms with van der Waals surface area (Å²) in [6.45, 7) is 8.97. The lowest BCUT2D eigenvalue weighted by atomic mass is 10.0. The number of carbonyl (C=O) groups excluding carboxylic acids is 3. The number of esters is 3. The van der Waals surface area contributed by atoms with Gasteiger partial charge in [-0.05, 0) is 25.2 Å². The van der Waals surface area contributed by atoms with E-state index in [2.05, 4.69) is 27.7 Å². The predicted molar refractivity (Wildman–Crippen MR) is 220 cm³/mol. The van der Waals surface area contributed by atoms with E-state index in [0.29, 0.717) is 19.3 Å². The number of hydrogen-bond acceptors (Lipinski definition) is 6. The Morgan fingerprint density at radius 1 is 0.365 bits per heavy atom. The van der Waals surface area contributed by atoms with Crippen molar-refractivity contribution in [1.29, 1.82) is 0 Å². The zero-order valence-corrected chi connectivity index (χ0v) is 35.3. The Bertz CT molecular complexity index is 781. The SMILES string of the molecule is CCCCCCCCCCCCC(=O)O[C@@H](COC(=O)CCCCCCCCCCC)COC(=O)CCCCCCCCCCCCCCC(C)C. The second-order valence-electron chi connectivity index (χ2n) is 16.2. The Kier molecular flexibility index (Phi) is 39.4. The largest absolute Gasteiger partial charge is 0.462 e. The Labute approximate surface area is 323 Å². The van der Waals surface area contributed by atoms with Gasteiger partial charge in [-0.3, -0.25) is 14.4 Å². The molecule has 0 aromatic rings. The molecule has 0 amide bonds. The quantitative estimate of drug-likeness (QED) is 0.0353. The first-order chi connectivity index (χ1) is 25.4. The lowest BCUT2D eigenvalue weighted by molar-refractivity contribution is -0.167. The van der Waals surface area contributed by atoms with Crippen LogP contribution in [0.2, 0.25) is 0 Å². The van der Waals surface area contributed by atoms with Gasteiger partial charge in [-0.15, -0.1) is 0 Å². The second kappa shape index (κ2) is 40.6. The molecule has 6 nitrogen and oxygen atoms in total. The molecule has 0 fully saturated rings. The third kappa shape index (κ3) is 39.6. The van der Waals surface area contributed by atoms with Gasteiger partial charge >= 0.3 is 17.9 Å². The van der Waals surface area contributed by atoms with Crippen LogP contribution in [0.4, 0.5) is 0 Å². The van der Waals surface area contributed by atoms with Gasteiger partial charge in [0.2, 0.25) is 0 Å². The van der Waals surface area contributed by atoms with Crippen LogP contribution in [0.3, 0.4) is 0 Å². The van der Waals surface area contributed by atoms with Crippen LogP contribution < -0.4 is 0 Å². The zero-order valence-electron chi connectivity index (χ0n) is 35.3. The summed E-state index contributed by atoms with van der Waals surface area (Å²) in [4.78, 5) is 37.6. The molecule has 6 heteroatoms. The average Bonchev–Trinajstić information content (AvgIpc) is 3.12. The van der Waals surface area contributed by atoms with E-state index in [1.54, 1.807) is 0 Å². The summed E-state index contributed by atoms with van der Waals surface area (Å²) in [5.41, 5.74) is 0. The first-order valence-electron chi connectivity index (χ1n) is 22.9. The van der Waals surface area contributed by atoms with Crippen LogP contribution in [0, 0.1) is 5.92 Å². The Hall–Kier alpha value is -1.59. The summed E-state index contributed by atoms with van der Waals surface area (Å²) < 4.78 is 16.7. The van der Waals surface area contributed by atoms with Crippen LogP contribution in [0.5, 0.6) is 0 Å². The second-order valence-corrected chi connectivity index (χ2v) is 16.2. The first kappa shape index (κ1) is 50.4. The van der Waals surface area contributed by atoms with Crippen LogP contribution in [0.25, 0.3) is 0 Å². The Balaban J connectivity index is 4.27. The van der Waals surface area contributed by atoms with Crippen LogP contribution in [-0.4, -0.2) is 37.2 Å². The maximum Gasteiger partial charge on any atom is 0.306 e. The number of ether oxygens (including phenoxy) is 3. The van der Waals surface area contributed by atoms with E-state index in [-0.39, 0.29) is 31.1 Å². The van der Waals surface area contributed by atoms with Crippen molar-refractivity contribution < 1.29 is 28.6 Å². The summed E-state index contributed by atoms with van der Waals surface area (Å²) in [6, 6.07) is 0. The minimum Gasteiger partial charge on any atom is -0.462 e. The van der Waals surface area contributed by atoms with E-state index in [0.717, 1.165) is 63.7 Å². The Morgan fingerprint density at radius 2 is 0.635 bits per heavy atom. The van der Waals surface area contributed by atoms with E-state index in [1.165, 1.54) is 148 Å². The molecule has 0 aromatic heterocycles. The van der Waals surface area contributed by atoms with Crippen molar-refractivity contribution in [2.24, 2.45) is 5.92 Å². The topological polar surface area (TPSA) is 78.9 Å². The molecular formula is C46H88O6. The van der Waals surface area contributed by atoms with Gasteiger partial charge in [0.1, 0.15) is 13.2 Å². The molecule has 0 aliphatic heterocycles. The monoisotopic (exact) mass is 737 g/mol. The first-order valence-corrected chi connectivity index (χ1v) is 22.9. The van der Waals surface area contributed by atoms with Crippen molar-refractivity contribution in [3.8, 4) is 0 Å². The minimum absolute atomic E-state index is 0.0638. The van der Waals surface area contributed by atoms with Gasteiger partial charge in [0.05, 0.1) is 0 Å². The molecule has 0 aliphatic carbocycles. The normalized spacial score (nSPS) is 11.9. The predicted octanol–water partition coefficient (Wildman–Crippen LogP) is 14.3. The van der Waals surface area contributed by atoms with Gasteiger partial charge in [0, 0.05) is 19.3 Å². The van der Waals surface area contributed by atoms with Gasteiger partial charge in [0.25, 0.3) is 0 Å². The van der Waals surface area contributed by atoms with Crippen molar-refractivity contribution in [2.75, 3.05) is 13.2 Å². The third-order valence-corrected chi connectivity index (χ3v) is 10.3. The molecule has 0 saturated carbocycles. The van der Waals surface area contributed by atoms with Crippen LogP contribution in [0.15, 0.2) is 0 Å². The standard InChI is InChI=1S/C46H88O6/c1-5-7-9-11-13-15-22-27-31-35-39-46(49)52-43(40-50-44(47)37-33-29-25-20-14-12-10-8-6-2)41-51-45(48)38-34-30-26-23-19-17-16-18-21-24-28-32-36-42(3)4/h42-43H,5-41H2,1-4H3/t43-/m0/s1. The number of rotatable bonds is 41. The van der Waals surface area contributed by atoms with Crippen molar-refractivity contribution >= 4 is 17.9 Å². The summed E-state index contributed by atoms with van der Waals surface area (Å²) in [6.07, 6.45) is 39.4. The van der Waals surface area contributed by atoms with E-state index in [1.807, 2.05) is 0 Å². The van der Waals surface area contributed by atoms with Gasteiger partial charge < -0.3 is 14.2 Å². The highest BCUT2D eigenvalue weighted by Gasteiger charge is 2.19. The molecule has 52 heavy (non-hydrogen) atoms. The van der Waals surface area contributed by atoms with Crippen LogP contribution in [-0.2, 0) is 28.6 Å². The number of carbonyl (C=O) groups is 3. The molecule has 0 aromatic carbocycles. The van der Waals surface area contributed by atoms with Gasteiger partial charge in [-0.1, -0.05) is 214 Å². The lowest BCUT2D eigenvalue weighted by Crippen LogP contribution is -2.30. The molecule has 0 aliphatic rings. The van der Waals surface area contributed by atoms with Crippen LogP contribution >= 0.6 is 0 Å². The fraction of sp³-hybridized carbons (Fsp3) is 0.935. The zero-order chi connectivity index (χ0) is 38.2. The molecular weight excluding hydrogens is 649 g/mol. The van der Waals surface area contributed by atoms with Crippen molar-refractivity contribution in [3.63, 3.8) is 0 Å². The molecule has 0 saturated heterocycles. The van der Waals surface area contributed by atoms with Crippen molar-refractivity contribution in [2.45, 2.75) is 259 Å². The molecule has 0 radical (unpaired) electrons. The fourth-order valence-corrected chi connectivity index (χ4v) is 6.80. The van der Waals surface area contributed by atoms with Gasteiger partial charge in [0.15, 0.2) is 6.10 Å². The van der Waals surface area contributed by atoms with Crippen molar-refractivity contribution in [3.05, 3.63) is 0 Å². The number of unbranched alkanes of at least 4 members (excludes halogenated alkanes) is 28. The van der Waals surface area contributed by atoms with E-state index >= 15 is 0 Å². The van der Waals surface area contributed by atoms with Crippen molar-refractivity contribution in [1.82, 2.24) is 0 Å². The summed E-state index contributed by atoms with van der Waals surface area (Å²) in [5.74, 6) is -0.0233. The fourth-order valence-electron chi connectivity index (χ4n) is 6.80. The third-order valence-electron chi connectivity index (χ3n) is 10.3. The van der Waals surface area contributed by atoms with E-state index in [9.17, 15) is 14.4 Å². The molecule has 0 N–H and O–H groups in total. The lowest BCUT2D eigenvalue weighted by Gasteiger charge is -2.18. The highest BCUT2D eigenvalue weighted by Crippen LogP contribution is 2.16. The van der Waals surface area contributed by atoms with Gasteiger partial charge in [-0.25, -0.2) is 0 Å². The molecule has 308 valence electrons. The van der Waals surface area contributed by atoms with E-state index < -0.39 is 6.10 Å². The van der Waals surface area contributed by atoms with Crippen LogP contribution in [0.1, 0.15) is 252 Å². The van der Waals surface area contributed by atoms with Gasteiger partial charge in [-0.2, -0.15) is 0 Å². The maximum atomic E-state index is 12.7. The molecule has 0 unspecified atom stereocenters. The molecule has 1 atom stereocenters. The smallest absolute Gasteiger partial charge is 0.306 e. The molecule has 0 heterocycles. The minimum atomic E-state index is -0.758. The summed E-state index contributed by atoms with van der Waals surface area (Å²) in [5, 5.41) is 0. The van der Waals surface area contributed by atoms with E-state index in [4.69, 9.17) is 14.2 Å². The molecule has 0 bridgehead atoms. The highest BCUT2D eigenvalue weighted by atomic mass is 16.6. The summed E-state index contributed by atoms with van der Waals surface area (Å²) in [7, 11) is 0. The Morgan fingerprint density at radius 3 is 0.942 bits per heavy atom. The number of hydrogen-bond donors (Lipinski definition) is 0. The molecule has 0 spiro atoms.